The van der Waals surface area contributed by atoms with E-state index in [9.17, 15) is 0 Å². The zero-order chi connectivity index (χ0) is 16.1. The summed E-state index contributed by atoms with van der Waals surface area (Å²) in [5, 5.41) is 0. The van der Waals surface area contributed by atoms with Crippen molar-refractivity contribution in [3.63, 3.8) is 0 Å². The number of hydrogen-bond acceptors (Lipinski definition) is 2. The van der Waals surface area contributed by atoms with Gasteiger partial charge in [-0.3, -0.25) is 4.90 Å². The molecule has 1 aliphatic rings. The lowest BCUT2D eigenvalue weighted by molar-refractivity contribution is 0.127. The Morgan fingerprint density at radius 3 is 1.83 bits per heavy atom. The molecule has 2 aromatic carbocycles. The topological polar surface area (TPSA) is 6.48 Å². The second-order valence-corrected chi connectivity index (χ2v) is 6.68. The zero-order valence-electron chi connectivity index (χ0n) is 14.5. The van der Waals surface area contributed by atoms with E-state index in [2.05, 4.69) is 72.2 Å². The Hall–Kier alpha value is -1.64. The first-order chi connectivity index (χ1) is 11.2. The molecule has 0 N–H and O–H groups in total. The fourth-order valence-corrected chi connectivity index (χ4v) is 3.29. The molecule has 0 atom stereocenters. The van der Waals surface area contributed by atoms with Gasteiger partial charge in [0.1, 0.15) is 0 Å². The minimum atomic E-state index is 1.08. The van der Waals surface area contributed by atoms with Gasteiger partial charge in [0.25, 0.3) is 0 Å². The van der Waals surface area contributed by atoms with Gasteiger partial charge in [0, 0.05) is 32.7 Å². The van der Waals surface area contributed by atoms with E-state index in [4.69, 9.17) is 0 Å². The molecule has 0 unspecified atom stereocenters. The molecule has 122 valence electrons. The quantitative estimate of drug-likeness (QED) is 0.817. The third-order valence-electron chi connectivity index (χ3n) is 4.75. The zero-order valence-corrected chi connectivity index (χ0v) is 14.5. The van der Waals surface area contributed by atoms with Crippen molar-refractivity contribution in [2.24, 2.45) is 0 Å². The Labute approximate surface area is 140 Å². The molecule has 0 spiro atoms. The molecule has 0 aliphatic carbocycles. The third-order valence-corrected chi connectivity index (χ3v) is 4.75. The number of hydrogen-bond donors (Lipinski definition) is 0. The lowest BCUT2D eigenvalue weighted by atomic mass is 10.0. The summed E-state index contributed by atoms with van der Waals surface area (Å²) < 4.78 is 0. The highest BCUT2D eigenvalue weighted by Gasteiger charge is 2.15. The first kappa shape index (κ1) is 16.2. The predicted octanol–water partition coefficient (Wildman–Crippen LogP) is 4.19. The predicted molar refractivity (Wildman–Crippen MR) is 98.6 cm³/mol. The smallest absolute Gasteiger partial charge is 0.0234 e. The minimum absolute atomic E-state index is 1.08. The lowest BCUT2D eigenvalue weighted by Gasteiger charge is -2.34. The Morgan fingerprint density at radius 1 is 0.739 bits per heavy atom. The molecule has 0 aromatic heterocycles. The van der Waals surface area contributed by atoms with Gasteiger partial charge >= 0.3 is 0 Å². The lowest BCUT2D eigenvalue weighted by Crippen LogP contribution is -2.45. The van der Waals surface area contributed by atoms with E-state index in [0.717, 1.165) is 6.54 Å². The van der Waals surface area contributed by atoms with Crippen LogP contribution in [-0.2, 0) is 6.54 Å². The molecule has 0 bridgehead atoms. The van der Waals surface area contributed by atoms with Gasteiger partial charge in [0.2, 0.25) is 0 Å². The average Bonchev–Trinajstić information content (AvgIpc) is 2.58. The van der Waals surface area contributed by atoms with Crippen molar-refractivity contribution in [3.05, 3.63) is 59.7 Å². The van der Waals surface area contributed by atoms with Crippen LogP contribution >= 0.6 is 0 Å². The summed E-state index contributed by atoms with van der Waals surface area (Å²) in [5.74, 6) is 0. The summed E-state index contributed by atoms with van der Waals surface area (Å²) in [5.41, 5.74) is 5.34. The van der Waals surface area contributed by atoms with E-state index in [-0.39, 0.29) is 0 Å². The van der Waals surface area contributed by atoms with Crippen LogP contribution in [0.2, 0.25) is 0 Å². The van der Waals surface area contributed by atoms with Crippen molar-refractivity contribution in [1.82, 2.24) is 9.80 Å². The number of aryl methyl sites for hydroxylation is 1. The summed E-state index contributed by atoms with van der Waals surface area (Å²) in [6, 6.07) is 17.9. The van der Waals surface area contributed by atoms with Gasteiger partial charge in [0.15, 0.2) is 0 Å². The monoisotopic (exact) mass is 308 g/mol. The van der Waals surface area contributed by atoms with Crippen LogP contribution in [0, 0.1) is 6.92 Å². The Kier molecular flexibility index (Phi) is 5.47. The van der Waals surface area contributed by atoms with E-state index in [0.29, 0.717) is 0 Å². The summed E-state index contributed by atoms with van der Waals surface area (Å²) in [4.78, 5) is 5.16. The fourth-order valence-electron chi connectivity index (χ4n) is 3.29. The SMILES string of the molecule is CCCN1CCN(Cc2ccc(-c3ccc(C)cc3)cc2)CC1. The first-order valence-electron chi connectivity index (χ1n) is 8.85. The highest BCUT2D eigenvalue weighted by molar-refractivity contribution is 5.63. The van der Waals surface area contributed by atoms with Gasteiger partial charge in [-0.05, 0) is 36.6 Å². The van der Waals surface area contributed by atoms with Gasteiger partial charge < -0.3 is 4.90 Å². The molecule has 0 amide bonds. The molecule has 3 rings (SSSR count). The van der Waals surface area contributed by atoms with Crippen LogP contribution in [0.3, 0.4) is 0 Å². The van der Waals surface area contributed by atoms with Gasteiger partial charge in [-0.15, -0.1) is 0 Å². The molecule has 1 aliphatic heterocycles. The van der Waals surface area contributed by atoms with Gasteiger partial charge in [-0.2, -0.15) is 0 Å². The van der Waals surface area contributed by atoms with Crippen molar-refractivity contribution in [3.8, 4) is 11.1 Å². The number of benzene rings is 2. The molecule has 0 saturated carbocycles. The molecular weight excluding hydrogens is 280 g/mol. The van der Waals surface area contributed by atoms with Crippen molar-refractivity contribution in [1.29, 1.82) is 0 Å². The van der Waals surface area contributed by atoms with Crippen LogP contribution in [-0.4, -0.2) is 42.5 Å². The number of piperazine rings is 1. The minimum Gasteiger partial charge on any atom is -0.301 e. The Bertz CT molecular complexity index is 593. The van der Waals surface area contributed by atoms with Gasteiger partial charge in [0.05, 0.1) is 0 Å². The van der Waals surface area contributed by atoms with Gasteiger partial charge in [-0.1, -0.05) is 61.0 Å². The van der Waals surface area contributed by atoms with E-state index < -0.39 is 0 Å². The van der Waals surface area contributed by atoms with E-state index in [1.165, 1.54) is 61.4 Å². The van der Waals surface area contributed by atoms with E-state index in [1.54, 1.807) is 0 Å². The van der Waals surface area contributed by atoms with Crippen LogP contribution < -0.4 is 0 Å². The molecule has 1 heterocycles. The maximum atomic E-state index is 2.58. The highest BCUT2D eigenvalue weighted by Crippen LogP contribution is 2.21. The van der Waals surface area contributed by atoms with Crippen LogP contribution in [0.4, 0.5) is 0 Å². The van der Waals surface area contributed by atoms with Crippen molar-refractivity contribution < 1.29 is 0 Å². The third kappa shape index (κ3) is 4.43. The average molecular weight is 308 g/mol. The summed E-state index contributed by atoms with van der Waals surface area (Å²) in [7, 11) is 0. The molecule has 2 heteroatoms. The molecule has 2 nitrogen and oxygen atoms in total. The van der Waals surface area contributed by atoms with Crippen LogP contribution in [0.1, 0.15) is 24.5 Å². The van der Waals surface area contributed by atoms with Gasteiger partial charge in [-0.25, -0.2) is 0 Å². The number of nitrogens with zero attached hydrogens (tertiary/aromatic N) is 2. The summed E-state index contributed by atoms with van der Waals surface area (Å²) >= 11 is 0. The van der Waals surface area contributed by atoms with Crippen molar-refractivity contribution in [2.75, 3.05) is 32.7 Å². The Balaban J connectivity index is 1.57. The normalized spacial score (nSPS) is 16.6. The van der Waals surface area contributed by atoms with E-state index >= 15 is 0 Å². The van der Waals surface area contributed by atoms with Crippen LogP contribution in [0.15, 0.2) is 48.5 Å². The maximum absolute atomic E-state index is 2.58. The molecular formula is C21H28N2. The van der Waals surface area contributed by atoms with Crippen molar-refractivity contribution >= 4 is 0 Å². The summed E-state index contributed by atoms with van der Waals surface area (Å²) in [6.07, 6.45) is 1.26. The molecule has 2 aromatic rings. The first-order valence-corrected chi connectivity index (χ1v) is 8.85. The number of rotatable bonds is 5. The second-order valence-electron chi connectivity index (χ2n) is 6.68. The maximum Gasteiger partial charge on any atom is 0.0234 e. The Morgan fingerprint density at radius 2 is 1.26 bits per heavy atom. The summed E-state index contributed by atoms with van der Waals surface area (Å²) in [6.45, 7) is 11.5. The molecule has 1 saturated heterocycles. The van der Waals surface area contributed by atoms with Crippen molar-refractivity contribution in [2.45, 2.75) is 26.8 Å². The second kappa shape index (κ2) is 7.76. The molecule has 0 radical (unpaired) electrons. The largest absolute Gasteiger partial charge is 0.301 e. The highest BCUT2D eigenvalue weighted by atomic mass is 15.3. The molecule has 1 fully saturated rings. The fraction of sp³-hybridized carbons (Fsp3) is 0.429. The molecule has 23 heavy (non-hydrogen) atoms. The van der Waals surface area contributed by atoms with Crippen LogP contribution in [0.25, 0.3) is 11.1 Å². The van der Waals surface area contributed by atoms with Crippen LogP contribution in [0.5, 0.6) is 0 Å². The van der Waals surface area contributed by atoms with E-state index in [1.807, 2.05) is 0 Å². The standard InChI is InChI=1S/C21H28N2/c1-3-12-22-13-15-23(16-14-22)17-19-6-10-21(11-7-19)20-8-4-18(2)5-9-20/h4-11H,3,12-17H2,1-2H3.